The second-order valence-electron chi connectivity index (χ2n) is 8.04. The van der Waals surface area contributed by atoms with Crippen molar-refractivity contribution in [3.05, 3.63) is 17.5 Å². The van der Waals surface area contributed by atoms with E-state index in [-0.39, 0.29) is 12.1 Å². The lowest BCUT2D eigenvalue weighted by atomic mass is 9.99. The summed E-state index contributed by atoms with van der Waals surface area (Å²) in [6.45, 7) is 11.5. The molecular formula is C18H30N4O2. The Hall–Kier alpha value is -1.56. The Morgan fingerprint density at radius 2 is 2.17 bits per heavy atom. The summed E-state index contributed by atoms with van der Waals surface area (Å²) in [5.74, 6) is 0.573. The predicted octanol–water partition coefficient (Wildman–Crippen LogP) is 2.84. The number of piperidine rings is 1. The minimum Gasteiger partial charge on any atom is -0.444 e. The minimum absolute atomic E-state index is 0.211. The quantitative estimate of drug-likeness (QED) is 0.903. The SMILES string of the molecule is Cc1c(C2CCNC2)cnn1C1CCCN(C(=O)OC(C)(C)C)C1. The van der Waals surface area contributed by atoms with Gasteiger partial charge in [0.15, 0.2) is 0 Å². The number of ether oxygens (including phenoxy) is 1. The maximum Gasteiger partial charge on any atom is 0.410 e. The fourth-order valence-electron chi connectivity index (χ4n) is 3.77. The topological polar surface area (TPSA) is 59.4 Å². The van der Waals surface area contributed by atoms with E-state index in [0.717, 1.165) is 32.5 Å². The van der Waals surface area contributed by atoms with Crippen LogP contribution >= 0.6 is 0 Å². The summed E-state index contributed by atoms with van der Waals surface area (Å²) in [6.07, 6.45) is 5.05. The molecule has 24 heavy (non-hydrogen) atoms. The van der Waals surface area contributed by atoms with Crippen LogP contribution < -0.4 is 5.32 Å². The summed E-state index contributed by atoms with van der Waals surface area (Å²) >= 11 is 0. The Morgan fingerprint density at radius 3 is 2.83 bits per heavy atom. The number of carbonyl (C=O) groups is 1. The van der Waals surface area contributed by atoms with Gasteiger partial charge in [0.1, 0.15) is 5.60 Å². The number of rotatable bonds is 2. The molecule has 1 N–H and O–H groups in total. The van der Waals surface area contributed by atoms with Crippen molar-refractivity contribution in [3.8, 4) is 0 Å². The summed E-state index contributed by atoms with van der Waals surface area (Å²) in [5, 5.41) is 8.09. The molecule has 3 heterocycles. The van der Waals surface area contributed by atoms with E-state index in [1.54, 1.807) is 0 Å². The number of nitrogens with one attached hydrogen (secondary N) is 1. The highest BCUT2D eigenvalue weighted by atomic mass is 16.6. The molecule has 0 saturated carbocycles. The average molecular weight is 334 g/mol. The molecule has 3 rings (SSSR count). The van der Waals surface area contributed by atoms with Gasteiger partial charge in [-0.25, -0.2) is 4.79 Å². The lowest BCUT2D eigenvalue weighted by molar-refractivity contribution is 0.0166. The Kier molecular flexibility index (Phi) is 4.85. The van der Waals surface area contributed by atoms with E-state index in [9.17, 15) is 4.79 Å². The molecule has 2 unspecified atom stereocenters. The predicted molar refractivity (Wildman–Crippen MR) is 93.3 cm³/mol. The van der Waals surface area contributed by atoms with Crippen LogP contribution in [0.1, 0.15) is 63.3 Å². The Labute approximate surface area is 144 Å². The summed E-state index contributed by atoms with van der Waals surface area (Å²) in [5.41, 5.74) is 2.16. The number of aromatic nitrogens is 2. The van der Waals surface area contributed by atoms with Crippen LogP contribution in [-0.2, 0) is 4.74 Å². The molecule has 1 aromatic heterocycles. The molecule has 6 heteroatoms. The van der Waals surface area contributed by atoms with E-state index < -0.39 is 5.60 Å². The molecule has 0 aliphatic carbocycles. The monoisotopic (exact) mass is 334 g/mol. The lowest BCUT2D eigenvalue weighted by Crippen LogP contribution is -2.43. The van der Waals surface area contributed by atoms with Gasteiger partial charge in [-0.2, -0.15) is 5.10 Å². The first-order valence-corrected chi connectivity index (χ1v) is 9.08. The zero-order valence-corrected chi connectivity index (χ0v) is 15.3. The highest BCUT2D eigenvalue weighted by molar-refractivity contribution is 5.68. The molecular weight excluding hydrogens is 304 g/mol. The zero-order valence-electron chi connectivity index (χ0n) is 15.3. The number of hydrogen-bond acceptors (Lipinski definition) is 4. The van der Waals surface area contributed by atoms with Crippen molar-refractivity contribution in [3.63, 3.8) is 0 Å². The highest BCUT2D eigenvalue weighted by Crippen LogP contribution is 2.29. The molecule has 2 atom stereocenters. The molecule has 0 aromatic carbocycles. The number of carbonyl (C=O) groups excluding carboxylic acids is 1. The van der Waals surface area contributed by atoms with Crippen molar-refractivity contribution in [2.24, 2.45) is 0 Å². The van der Waals surface area contributed by atoms with Gasteiger partial charge in [0.2, 0.25) is 0 Å². The molecule has 0 radical (unpaired) electrons. The van der Waals surface area contributed by atoms with Crippen LogP contribution in [0.3, 0.4) is 0 Å². The van der Waals surface area contributed by atoms with Crippen molar-refractivity contribution in [1.82, 2.24) is 20.0 Å². The third-order valence-corrected chi connectivity index (χ3v) is 4.98. The van der Waals surface area contributed by atoms with Gasteiger partial charge in [0.05, 0.1) is 12.2 Å². The van der Waals surface area contributed by atoms with Gasteiger partial charge in [-0.3, -0.25) is 4.68 Å². The Bertz CT molecular complexity index is 584. The average Bonchev–Trinajstić information content (AvgIpc) is 3.15. The summed E-state index contributed by atoms with van der Waals surface area (Å²) in [6, 6.07) is 0.245. The molecule has 0 bridgehead atoms. The van der Waals surface area contributed by atoms with Crippen molar-refractivity contribution in [2.75, 3.05) is 26.2 Å². The van der Waals surface area contributed by atoms with Crippen LogP contribution in [0, 0.1) is 6.92 Å². The summed E-state index contributed by atoms with van der Waals surface area (Å²) < 4.78 is 7.66. The third-order valence-electron chi connectivity index (χ3n) is 4.98. The molecule has 2 fully saturated rings. The zero-order chi connectivity index (χ0) is 17.3. The van der Waals surface area contributed by atoms with Crippen LogP contribution in [0.2, 0.25) is 0 Å². The van der Waals surface area contributed by atoms with Gasteiger partial charge in [0.25, 0.3) is 0 Å². The van der Waals surface area contributed by atoms with Crippen LogP contribution in [0.5, 0.6) is 0 Å². The van der Waals surface area contributed by atoms with E-state index in [0.29, 0.717) is 12.5 Å². The van der Waals surface area contributed by atoms with E-state index in [1.165, 1.54) is 17.7 Å². The van der Waals surface area contributed by atoms with Gasteiger partial charge in [-0.15, -0.1) is 0 Å². The second kappa shape index (κ2) is 6.75. The molecule has 134 valence electrons. The van der Waals surface area contributed by atoms with Crippen molar-refractivity contribution in [2.45, 2.75) is 64.5 Å². The maximum atomic E-state index is 12.4. The Balaban J connectivity index is 1.70. The molecule has 6 nitrogen and oxygen atoms in total. The first-order valence-electron chi connectivity index (χ1n) is 9.08. The minimum atomic E-state index is -0.450. The van der Waals surface area contributed by atoms with Crippen molar-refractivity contribution < 1.29 is 9.53 Å². The van der Waals surface area contributed by atoms with Crippen LogP contribution in [0.4, 0.5) is 4.79 Å². The standard InChI is InChI=1S/C18H30N4O2/c1-13-16(14-7-8-19-10-14)11-20-22(13)15-6-5-9-21(12-15)17(23)24-18(2,3)4/h11,14-15,19H,5-10,12H2,1-4H3. The van der Waals surface area contributed by atoms with Crippen LogP contribution in [0.25, 0.3) is 0 Å². The molecule has 0 spiro atoms. The first-order chi connectivity index (χ1) is 11.3. The fraction of sp³-hybridized carbons (Fsp3) is 0.778. The summed E-state index contributed by atoms with van der Waals surface area (Å²) in [7, 11) is 0. The van der Waals surface area contributed by atoms with E-state index in [4.69, 9.17) is 4.74 Å². The first kappa shape index (κ1) is 17.3. The number of nitrogens with zero attached hydrogens (tertiary/aromatic N) is 3. The largest absolute Gasteiger partial charge is 0.444 e. The van der Waals surface area contributed by atoms with Gasteiger partial charge >= 0.3 is 6.09 Å². The molecule has 2 aliphatic heterocycles. The molecule has 1 aromatic rings. The van der Waals surface area contributed by atoms with Gasteiger partial charge in [-0.1, -0.05) is 0 Å². The summed E-state index contributed by atoms with van der Waals surface area (Å²) in [4.78, 5) is 14.2. The molecule has 2 saturated heterocycles. The van der Waals surface area contributed by atoms with Crippen molar-refractivity contribution in [1.29, 1.82) is 0 Å². The molecule has 2 aliphatic rings. The normalized spacial score (nSPS) is 25.1. The Morgan fingerprint density at radius 1 is 1.38 bits per heavy atom. The van der Waals surface area contributed by atoms with Crippen molar-refractivity contribution >= 4 is 6.09 Å². The highest BCUT2D eigenvalue weighted by Gasteiger charge is 2.30. The fourth-order valence-corrected chi connectivity index (χ4v) is 3.77. The van der Waals surface area contributed by atoms with Crippen LogP contribution in [0.15, 0.2) is 6.20 Å². The van der Waals surface area contributed by atoms with Gasteiger partial charge in [-0.05, 0) is 59.1 Å². The van der Waals surface area contributed by atoms with E-state index in [1.807, 2.05) is 31.9 Å². The smallest absolute Gasteiger partial charge is 0.410 e. The van der Waals surface area contributed by atoms with Gasteiger partial charge in [0, 0.05) is 31.2 Å². The third kappa shape index (κ3) is 3.74. The van der Waals surface area contributed by atoms with Crippen LogP contribution in [-0.4, -0.2) is 52.6 Å². The number of hydrogen-bond donors (Lipinski definition) is 1. The molecule has 1 amide bonds. The lowest BCUT2D eigenvalue weighted by Gasteiger charge is -2.34. The second-order valence-corrected chi connectivity index (χ2v) is 8.04. The number of amides is 1. The van der Waals surface area contributed by atoms with E-state index >= 15 is 0 Å². The maximum absolute atomic E-state index is 12.4. The van der Waals surface area contributed by atoms with E-state index in [2.05, 4.69) is 22.0 Å². The number of likely N-dealkylation sites (tertiary alicyclic amines) is 1. The van der Waals surface area contributed by atoms with Gasteiger partial charge < -0.3 is 15.0 Å².